The van der Waals surface area contributed by atoms with Gasteiger partial charge in [0.25, 0.3) is 5.91 Å². The Morgan fingerprint density at radius 3 is 2.16 bits per heavy atom. The van der Waals surface area contributed by atoms with E-state index in [9.17, 15) is 24.0 Å². The van der Waals surface area contributed by atoms with Crippen molar-refractivity contribution in [2.24, 2.45) is 0 Å². The summed E-state index contributed by atoms with van der Waals surface area (Å²) in [7, 11) is 0. The van der Waals surface area contributed by atoms with Crippen molar-refractivity contribution in [2.75, 3.05) is 11.5 Å². The maximum absolute atomic E-state index is 12.2. The van der Waals surface area contributed by atoms with E-state index in [1.807, 2.05) is 30.3 Å². The lowest BCUT2D eigenvalue weighted by atomic mass is 10.0. The smallest absolute Gasteiger partial charge is 0.338 e. The number of carbonyl (C=O) groups excluding carboxylic acids is 5. The third-order valence-corrected chi connectivity index (χ3v) is 4.86. The van der Waals surface area contributed by atoms with Crippen molar-refractivity contribution in [3.05, 3.63) is 65.7 Å². The molecular weight excluding hydrogens is 400 g/mol. The van der Waals surface area contributed by atoms with Crippen LogP contribution in [0.5, 0.6) is 0 Å². The maximum Gasteiger partial charge on any atom is 0.338 e. The van der Waals surface area contributed by atoms with Crippen LogP contribution in [-0.4, -0.2) is 42.1 Å². The highest BCUT2D eigenvalue weighted by molar-refractivity contribution is 6.19. The molecule has 1 aliphatic rings. The van der Waals surface area contributed by atoms with Crippen molar-refractivity contribution in [2.45, 2.75) is 32.2 Å². The number of benzene rings is 2. The summed E-state index contributed by atoms with van der Waals surface area (Å²) in [6.45, 7) is 0.847. The first kappa shape index (κ1) is 21.9. The number of amides is 3. The van der Waals surface area contributed by atoms with E-state index < -0.39 is 24.5 Å². The summed E-state index contributed by atoms with van der Waals surface area (Å²) in [5.74, 6) is -2.09. The largest absolute Gasteiger partial charge is 0.452 e. The first-order valence-electron chi connectivity index (χ1n) is 9.82. The van der Waals surface area contributed by atoms with Crippen LogP contribution >= 0.6 is 0 Å². The fourth-order valence-electron chi connectivity index (χ4n) is 3.21. The zero-order chi connectivity index (χ0) is 22.4. The maximum atomic E-state index is 12.2. The summed E-state index contributed by atoms with van der Waals surface area (Å²) in [6, 6.07) is 14.3. The van der Waals surface area contributed by atoms with Crippen molar-refractivity contribution < 1.29 is 28.7 Å². The lowest BCUT2D eigenvalue weighted by Crippen LogP contribution is -2.43. The van der Waals surface area contributed by atoms with Gasteiger partial charge in [0.2, 0.25) is 11.8 Å². The Morgan fingerprint density at radius 2 is 1.58 bits per heavy atom. The number of anilines is 1. The summed E-state index contributed by atoms with van der Waals surface area (Å²) in [5, 5.41) is 2.58. The Bertz CT molecular complexity index is 984. The molecule has 2 aromatic rings. The van der Waals surface area contributed by atoms with Gasteiger partial charge in [0.1, 0.15) is 0 Å². The van der Waals surface area contributed by atoms with Crippen LogP contribution in [0.25, 0.3) is 0 Å². The molecule has 0 spiro atoms. The zero-order valence-corrected chi connectivity index (χ0v) is 17.0. The molecule has 8 nitrogen and oxygen atoms in total. The van der Waals surface area contributed by atoms with Crippen molar-refractivity contribution in [3.8, 4) is 0 Å². The molecule has 0 aliphatic carbocycles. The van der Waals surface area contributed by atoms with Crippen molar-refractivity contribution in [1.29, 1.82) is 0 Å². The fraction of sp³-hybridized carbons (Fsp3) is 0.261. The van der Waals surface area contributed by atoms with Gasteiger partial charge in [-0.15, -0.1) is 0 Å². The standard InChI is InChI=1S/C23H22N2O6/c1-15(26)19(13-16-5-3-2-4-6-16)24-20(27)14-31-23(30)17-7-9-18(10-8-17)25-21(28)11-12-22(25)29/h2-10,19H,11-14H2,1H3,(H,24,27). The van der Waals surface area contributed by atoms with Gasteiger partial charge in [0.15, 0.2) is 12.4 Å². The molecule has 1 aliphatic heterocycles. The molecule has 0 aromatic heterocycles. The second kappa shape index (κ2) is 9.80. The summed E-state index contributed by atoms with van der Waals surface area (Å²) < 4.78 is 5.02. The van der Waals surface area contributed by atoms with E-state index in [4.69, 9.17) is 4.74 Å². The Labute approximate surface area is 179 Å². The van der Waals surface area contributed by atoms with Crippen LogP contribution < -0.4 is 10.2 Å². The van der Waals surface area contributed by atoms with Gasteiger partial charge in [0, 0.05) is 12.8 Å². The summed E-state index contributed by atoms with van der Waals surface area (Å²) in [5.41, 5.74) is 1.45. The third kappa shape index (κ3) is 5.63. The lowest BCUT2D eigenvalue weighted by molar-refractivity contribution is -0.128. The topological polar surface area (TPSA) is 110 Å². The quantitative estimate of drug-likeness (QED) is 0.513. The predicted octanol–water partition coefficient (Wildman–Crippen LogP) is 1.81. The molecule has 3 amide bonds. The first-order valence-corrected chi connectivity index (χ1v) is 9.82. The van der Waals surface area contributed by atoms with E-state index >= 15 is 0 Å². The number of nitrogens with one attached hydrogen (secondary N) is 1. The van der Waals surface area contributed by atoms with E-state index in [2.05, 4.69) is 5.32 Å². The van der Waals surface area contributed by atoms with Crippen LogP contribution in [-0.2, 0) is 30.3 Å². The van der Waals surface area contributed by atoms with Crippen molar-refractivity contribution in [3.63, 3.8) is 0 Å². The molecule has 0 bridgehead atoms. The number of ketones is 1. The molecule has 31 heavy (non-hydrogen) atoms. The van der Waals surface area contributed by atoms with Gasteiger partial charge in [-0.05, 0) is 43.2 Å². The van der Waals surface area contributed by atoms with Crippen molar-refractivity contribution in [1.82, 2.24) is 5.32 Å². The molecule has 0 radical (unpaired) electrons. The van der Waals surface area contributed by atoms with Gasteiger partial charge in [-0.2, -0.15) is 0 Å². The van der Waals surface area contributed by atoms with Gasteiger partial charge < -0.3 is 10.1 Å². The summed E-state index contributed by atoms with van der Waals surface area (Å²) in [6.07, 6.45) is 0.678. The fourth-order valence-corrected chi connectivity index (χ4v) is 3.21. The van der Waals surface area contributed by atoms with Crippen LogP contribution in [0.15, 0.2) is 54.6 Å². The molecule has 1 heterocycles. The van der Waals surface area contributed by atoms with Gasteiger partial charge in [0.05, 0.1) is 17.3 Å². The van der Waals surface area contributed by atoms with Crippen LogP contribution in [0.2, 0.25) is 0 Å². The number of hydrogen-bond donors (Lipinski definition) is 1. The van der Waals surface area contributed by atoms with Gasteiger partial charge in [-0.1, -0.05) is 30.3 Å². The van der Waals surface area contributed by atoms with Gasteiger partial charge in [-0.3, -0.25) is 24.1 Å². The molecule has 8 heteroatoms. The summed E-state index contributed by atoms with van der Waals surface area (Å²) in [4.78, 5) is 60.9. The number of ether oxygens (including phenoxy) is 1. The highest BCUT2D eigenvalue weighted by atomic mass is 16.5. The number of Topliss-reactive ketones (excluding diaryl/α,β-unsaturated/α-hetero) is 1. The number of imide groups is 1. The molecule has 3 rings (SSSR count). The number of rotatable bonds is 8. The second-order valence-corrected chi connectivity index (χ2v) is 7.17. The van der Waals surface area contributed by atoms with E-state index in [0.717, 1.165) is 10.5 Å². The van der Waals surface area contributed by atoms with E-state index in [0.29, 0.717) is 12.1 Å². The van der Waals surface area contributed by atoms with E-state index in [1.165, 1.54) is 31.2 Å². The van der Waals surface area contributed by atoms with Crippen molar-refractivity contribution >= 4 is 35.2 Å². The monoisotopic (exact) mass is 422 g/mol. The van der Waals surface area contributed by atoms with Gasteiger partial charge in [-0.25, -0.2) is 4.79 Å². The Balaban J connectivity index is 1.53. The SMILES string of the molecule is CC(=O)C(Cc1ccccc1)NC(=O)COC(=O)c1ccc(N2C(=O)CCC2=O)cc1. The normalized spacial score (nSPS) is 14.3. The van der Waals surface area contributed by atoms with E-state index in [-0.39, 0.29) is 36.0 Å². The molecule has 0 saturated carbocycles. The Morgan fingerprint density at radius 1 is 0.968 bits per heavy atom. The average Bonchev–Trinajstić information content (AvgIpc) is 3.10. The molecule has 160 valence electrons. The molecule has 1 unspecified atom stereocenters. The Kier molecular flexibility index (Phi) is 6.92. The number of hydrogen-bond acceptors (Lipinski definition) is 6. The average molecular weight is 422 g/mol. The predicted molar refractivity (Wildman–Crippen MR) is 111 cm³/mol. The molecular formula is C23H22N2O6. The lowest BCUT2D eigenvalue weighted by Gasteiger charge is -2.16. The van der Waals surface area contributed by atoms with Crippen LogP contribution in [0.1, 0.15) is 35.7 Å². The molecule has 2 aromatic carbocycles. The van der Waals surface area contributed by atoms with E-state index in [1.54, 1.807) is 0 Å². The molecule has 1 saturated heterocycles. The number of nitrogens with zero attached hydrogens (tertiary/aromatic N) is 1. The van der Waals surface area contributed by atoms with Gasteiger partial charge >= 0.3 is 5.97 Å². The minimum absolute atomic E-state index is 0.169. The van der Waals surface area contributed by atoms with Crippen LogP contribution in [0, 0.1) is 0 Å². The minimum Gasteiger partial charge on any atom is -0.452 e. The first-order chi connectivity index (χ1) is 14.8. The molecule has 1 N–H and O–H groups in total. The number of esters is 1. The highest BCUT2D eigenvalue weighted by Crippen LogP contribution is 2.22. The second-order valence-electron chi connectivity index (χ2n) is 7.17. The molecule has 1 atom stereocenters. The third-order valence-electron chi connectivity index (χ3n) is 4.86. The Hall–Kier alpha value is -3.81. The zero-order valence-electron chi connectivity index (χ0n) is 17.0. The number of carbonyl (C=O) groups is 5. The van der Waals surface area contributed by atoms with Crippen LogP contribution in [0.4, 0.5) is 5.69 Å². The summed E-state index contributed by atoms with van der Waals surface area (Å²) >= 11 is 0. The van der Waals surface area contributed by atoms with Crippen LogP contribution in [0.3, 0.4) is 0 Å². The molecule has 1 fully saturated rings. The highest BCUT2D eigenvalue weighted by Gasteiger charge is 2.30. The minimum atomic E-state index is -0.733.